The highest BCUT2D eigenvalue weighted by molar-refractivity contribution is 7.11. The van der Waals surface area contributed by atoms with Gasteiger partial charge < -0.3 is 13.9 Å². The third-order valence-electron chi connectivity index (χ3n) is 3.88. The molecule has 0 radical (unpaired) electrons. The van der Waals surface area contributed by atoms with Gasteiger partial charge in [-0.1, -0.05) is 19.4 Å². The Morgan fingerprint density at radius 2 is 2.22 bits per heavy atom. The molecule has 0 aliphatic carbocycles. The van der Waals surface area contributed by atoms with E-state index in [4.69, 9.17) is 13.9 Å². The molecule has 0 aliphatic rings. The van der Waals surface area contributed by atoms with E-state index in [0.717, 1.165) is 24.1 Å². The highest BCUT2D eigenvalue weighted by atomic mass is 32.1. The minimum Gasteiger partial charge on any atom is -0.493 e. The van der Waals surface area contributed by atoms with Gasteiger partial charge in [-0.3, -0.25) is 0 Å². The second kappa shape index (κ2) is 9.06. The van der Waals surface area contributed by atoms with Crippen LogP contribution >= 0.6 is 11.3 Å². The molecule has 0 spiro atoms. The smallest absolute Gasteiger partial charge is 0.161 e. The van der Waals surface area contributed by atoms with Crippen molar-refractivity contribution in [3.8, 4) is 29.0 Å². The van der Waals surface area contributed by atoms with Gasteiger partial charge in [-0.25, -0.2) is 4.98 Å². The predicted octanol–water partition coefficient (Wildman–Crippen LogP) is 5.65. The molecule has 0 aliphatic heterocycles. The molecule has 0 unspecified atom stereocenters. The van der Waals surface area contributed by atoms with E-state index in [1.807, 2.05) is 35.7 Å². The first kappa shape index (κ1) is 18.7. The fourth-order valence-corrected chi connectivity index (χ4v) is 3.24. The van der Waals surface area contributed by atoms with Crippen molar-refractivity contribution in [3.05, 3.63) is 52.5 Å². The van der Waals surface area contributed by atoms with Crippen LogP contribution in [-0.2, 0) is 0 Å². The minimum atomic E-state index is 0.486. The number of hydrogen-bond donors (Lipinski definition) is 0. The lowest BCUT2D eigenvalue weighted by molar-refractivity contribution is 0.288. The Balaban J connectivity index is 1.84. The van der Waals surface area contributed by atoms with Gasteiger partial charge in [0.2, 0.25) is 0 Å². The van der Waals surface area contributed by atoms with Crippen molar-refractivity contribution >= 4 is 23.0 Å². The van der Waals surface area contributed by atoms with Gasteiger partial charge in [-0.15, -0.1) is 11.3 Å². The van der Waals surface area contributed by atoms with Crippen molar-refractivity contribution < 1.29 is 13.9 Å². The van der Waals surface area contributed by atoms with Gasteiger partial charge in [0.05, 0.1) is 25.6 Å². The molecular formula is C21H20N2O3S. The first-order valence-corrected chi connectivity index (χ1v) is 9.55. The summed E-state index contributed by atoms with van der Waals surface area (Å²) in [5, 5.41) is 12.1. The first-order valence-electron chi connectivity index (χ1n) is 8.67. The number of nitriles is 1. The van der Waals surface area contributed by atoms with Crippen LogP contribution in [0.4, 0.5) is 0 Å². The Hall–Kier alpha value is -3.04. The van der Waals surface area contributed by atoms with Crippen molar-refractivity contribution in [2.75, 3.05) is 13.7 Å². The highest BCUT2D eigenvalue weighted by Crippen LogP contribution is 2.31. The Kier molecular flexibility index (Phi) is 6.29. The largest absolute Gasteiger partial charge is 0.493 e. The Morgan fingerprint density at radius 1 is 1.33 bits per heavy atom. The molecule has 3 rings (SSSR count). The highest BCUT2D eigenvalue weighted by Gasteiger charge is 2.11. The van der Waals surface area contributed by atoms with Crippen LogP contribution < -0.4 is 9.47 Å². The van der Waals surface area contributed by atoms with Crippen molar-refractivity contribution in [1.82, 2.24) is 4.98 Å². The van der Waals surface area contributed by atoms with E-state index in [1.54, 1.807) is 19.4 Å². The van der Waals surface area contributed by atoms with E-state index in [0.29, 0.717) is 34.4 Å². The molecule has 138 valence electrons. The second-order valence-corrected chi connectivity index (χ2v) is 6.66. The lowest BCUT2D eigenvalue weighted by Gasteiger charge is -2.11. The summed E-state index contributed by atoms with van der Waals surface area (Å²) in [6, 6.07) is 11.5. The maximum Gasteiger partial charge on any atom is 0.161 e. The van der Waals surface area contributed by atoms with E-state index in [1.165, 1.54) is 11.3 Å². The summed E-state index contributed by atoms with van der Waals surface area (Å²) >= 11 is 1.41. The van der Waals surface area contributed by atoms with Gasteiger partial charge in [-0.05, 0) is 42.3 Å². The van der Waals surface area contributed by atoms with Crippen LogP contribution in [0.1, 0.15) is 30.3 Å². The monoisotopic (exact) mass is 380 g/mol. The zero-order valence-corrected chi connectivity index (χ0v) is 16.1. The number of benzene rings is 1. The summed E-state index contributed by atoms with van der Waals surface area (Å²) in [7, 11) is 1.61. The van der Waals surface area contributed by atoms with E-state index in [-0.39, 0.29) is 0 Å². The lowest BCUT2D eigenvalue weighted by Crippen LogP contribution is -1.99. The van der Waals surface area contributed by atoms with E-state index < -0.39 is 0 Å². The van der Waals surface area contributed by atoms with Crippen molar-refractivity contribution in [1.29, 1.82) is 5.26 Å². The number of ether oxygens (including phenoxy) is 2. The van der Waals surface area contributed by atoms with Crippen molar-refractivity contribution in [3.63, 3.8) is 0 Å². The molecule has 0 saturated heterocycles. The van der Waals surface area contributed by atoms with Crippen molar-refractivity contribution in [2.24, 2.45) is 0 Å². The van der Waals surface area contributed by atoms with Crippen LogP contribution in [0.2, 0.25) is 0 Å². The Bertz CT molecular complexity index is 952. The SMILES string of the molecule is CCCCOc1ccc(/C=C(\C#N)c2nc(-c3ccco3)cs2)cc1OC. The summed E-state index contributed by atoms with van der Waals surface area (Å²) in [4.78, 5) is 4.51. The standard InChI is InChI=1S/C21H20N2O3S/c1-3-4-9-26-19-8-7-15(12-20(19)24-2)11-16(13-22)21-23-17(14-27-21)18-6-5-10-25-18/h5-8,10-12,14H,3-4,9H2,1-2H3/b16-11+. The van der Waals surface area contributed by atoms with Gasteiger partial charge in [0.15, 0.2) is 17.3 Å². The van der Waals surface area contributed by atoms with Gasteiger partial charge in [0, 0.05) is 5.38 Å². The summed E-state index contributed by atoms with van der Waals surface area (Å²) in [6.07, 6.45) is 5.46. The Morgan fingerprint density at radius 3 is 2.93 bits per heavy atom. The maximum absolute atomic E-state index is 9.57. The van der Waals surface area contributed by atoms with Crippen LogP contribution in [-0.4, -0.2) is 18.7 Å². The topological polar surface area (TPSA) is 68.3 Å². The average Bonchev–Trinajstić information content (AvgIpc) is 3.38. The molecule has 0 fully saturated rings. The number of aromatic nitrogens is 1. The normalized spacial score (nSPS) is 11.2. The number of furan rings is 1. The molecule has 27 heavy (non-hydrogen) atoms. The van der Waals surface area contributed by atoms with Gasteiger partial charge in [0.25, 0.3) is 0 Å². The fourth-order valence-electron chi connectivity index (χ4n) is 2.46. The van der Waals surface area contributed by atoms with Crippen LogP contribution in [0, 0.1) is 11.3 Å². The van der Waals surface area contributed by atoms with Crippen LogP contribution in [0.25, 0.3) is 23.1 Å². The van der Waals surface area contributed by atoms with E-state index in [9.17, 15) is 5.26 Å². The fraction of sp³-hybridized carbons (Fsp3) is 0.238. The minimum absolute atomic E-state index is 0.486. The molecule has 0 atom stereocenters. The third kappa shape index (κ3) is 4.57. The molecule has 3 aromatic rings. The van der Waals surface area contributed by atoms with Crippen LogP contribution in [0.3, 0.4) is 0 Å². The number of rotatable bonds is 8. The summed E-state index contributed by atoms with van der Waals surface area (Å²) < 4.78 is 16.5. The Labute approximate surface area is 162 Å². The molecule has 6 heteroatoms. The molecule has 2 heterocycles. The number of hydrogen-bond acceptors (Lipinski definition) is 6. The molecule has 0 amide bonds. The number of nitrogens with zero attached hydrogens (tertiary/aromatic N) is 2. The lowest BCUT2D eigenvalue weighted by atomic mass is 10.1. The summed E-state index contributed by atoms with van der Waals surface area (Å²) in [5.41, 5.74) is 2.05. The molecule has 0 saturated carbocycles. The number of unbranched alkanes of at least 4 members (excludes halogenated alkanes) is 1. The van der Waals surface area contributed by atoms with E-state index >= 15 is 0 Å². The van der Waals surface area contributed by atoms with Gasteiger partial charge >= 0.3 is 0 Å². The first-order chi connectivity index (χ1) is 13.2. The second-order valence-electron chi connectivity index (χ2n) is 5.80. The van der Waals surface area contributed by atoms with Gasteiger partial charge in [0.1, 0.15) is 16.8 Å². The van der Waals surface area contributed by atoms with E-state index in [2.05, 4.69) is 18.0 Å². The van der Waals surface area contributed by atoms with Crippen LogP contribution in [0.5, 0.6) is 11.5 Å². The average molecular weight is 380 g/mol. The summed E-state index contributed by atoms with van der Waals surface area (Å²) in [5.74, 6) is 2.04. The number of methoxy groups -OCH3 is 1. The zero-order chi connectivity index (χ0) is 19.1. The third-order valence-corrected chi connectivity index (χ3v) is 4.76. The maximum atomic E-state index is 9.57. The zero-order valence-electron chi connectivity index (χ0n) is 15.3. The number of thiazole rings is 1. The predicted molar refractivity (Wildman–Crippen MR) is 107 cm³/mol. The summed E-state index contributed by atoms with van der Waals surface area (Å²) in [6.45, 7) is 2.77. The molecule has 5 nitrogen and oxygen atoms in total. The molecule has 2 aromatic heterocycles. The molecule has 1 aromatic carbocycles. The van der Waals surface area contributed by atoms with Crippen molar-refractivity contribution in [2.45, 2.75) is 19.8 Å². The molecular weight excluding hydrogens is 360 g/mol. The number of allylic oxidation sites excluding steroid dienone is 1. The molecule has 0 bridgehead atoms. The van der Waals surface area contributed by atoms with Crippen LogP contribution in [0.15, 0.2) is 46.4 Å². The van der Waals surface area contributed by atoms with Gasteiger partial charge in [-0.2, -0.15) is 5.26 Å². The quantitative estimate of drug-likeness (QED) is 0.373. The molecule has 0 N–H and O–H groups in total.